The molecule has 0 amide bonds. The Balaban J connectivity index is 2.25. The molecular weight excluding hydrogens is 352 g/mol. The lowest BCUT2D eigenvalue weighted by Crippen LogP contribution is -2.02. The third-order valence-corrected chi connectivity index (χ3v) is 5.26. The molecule has 0 bridgehead atoms. The van der Waals surface area contributed by atoms with Gasteiger partial charge in [-0.15, -0.1) is 11.8 Å². The Morgan fingerprint density at radius 3 is 2.40 bits per heavy atom. The van der Waals surface area contributed by atoms with Crippen molar-refractivity contribution in [1.82, 2.24) is 0 Å². The minimum Gasteiger partial charge on any atom is -0.506 e. The number of aryl methyl sites for hydroxylation is 2. The van der Waals surface area contributed by atoms with Crippen molar-refractivity contribution in [2.75, 3.05) is 6.26 Å². The highest BCUT2D eigenvalue weighted by Gasteiger charge is 2.13. The first kappa shape index (κ1) is 19.5. The lowest BCUT2D eigenvalue weighted by atomic mass is 9.98. The maximum atomic E-state index is 10.6. The van der Waals surface area contributed by atoms with Crippen molar-refractivity contribution in [1.29, 1.82) is 0 Å². The number of phenolic OH excluding ortho intramolecular Hbond substituents is 1. The van der Waals surface area contributed by atoms with Gasteiger partial charge in [0.2, 0.25) is 0 Å². The molecule has 2 aromatic rings. The third-order valence-electron chi connectivity index (χ3n) is 4.04. The number of aromatic hydroxyl groups is 1. The number of carbonyl (C=O) groups is 1. The molecule has 0 atom stereocenters. The summed E-state index contributed by atoms with van der Waals surface area (Å²) in [6, 6.07) is 11.9. The van der Waals surface area contributed by atoms with Gasteiger partial charge in [-0.05, 0) is 61.3 Å². The molecule has 2 rings (SSSR count). The minimum atomic E-state index is -0.789. The molecule has 0 aromatic heterocycles. The zero-order valence-electron chi connectivity index (χ0n) is 14.4. The van der Waals surface area contributed by atoms with E-state index in [9.17, 15) is 9.90 Å². The molecule has 5 heteroatoms. The summed E-state index contributed by atoms with van der Waals surface area (Å²) in [6.07, 6.45) is 4.01. The average Bonchev–Trinajstić information content (AvgIpc) is 2.59. The van der Waals surface area contributed by atoms with E-state index in [4.69, 9.17) is 17.3 Å². The summed E-state index contributed by atoms with van der Waals surface area (Å²) in [5.74, 6) is -0.512. The molecule has 2 N–H and O–H groups in total. The fourth-order valence-corrected chi connectivity index (χ4v) is 3.43. The van der Waals surface area contributed by atoms with E-state index in [2.05, 4.69) is 0 Å². The lowest BCUT2D eigenvalue weighted by molar-refractivity contribution is -0.137. The molecule has 0 aliphatic heterocycles. The van der Waals surface area contributed by atoms with Gasteiger partial charge in [0.25, 0.3) is 0 Å². The molecule has 0 spiro atoms. The first-order chi connectivity index (χ1) is 11.9. The normalized spacial score (nSPS) is 10.6. The van der Waals surface area contributed by atoms with Crippen LogP contribution in [0.1, 0.15) is 41.5 Å². The standard InChI is InChI=1S/C20H22O3S2/c1-13-7-9-14(10-8-13)20(24)16-11-15(5-3-4-6-18(21)22)19(23)17(12-16)25-2/h7-12,23H,3-6H2,1-2H3,(H,21,22). The van der Waals surface area contributed by atoms with Gasteiger partial charge in [0.15, 0.2) is 0 Å². The number of hydrogen-bond donors (Lipinski definition) is 2. The topological polar surface area (TPSA) is 57.5 Å². The Morgan fingerprint density at radius 2 is 1.80 bits per heavy atom. The molecule has 25 heavy (non-hydrogen) atoms. The van der Waals surface area contributed by atoms with E-state index in [0.29, 0.717) is 19.3 Å². The Morgan fingerprint density at radius 1 is 1.12 bits per heavy atom. The summed E-state index contributed by atoms with van der Waals surface area (Å²) < 4.78 is 0. The number of rotatable bonds is 8. The molecule has 0 radical (unpaired) electrons. The smallest absolute Gasteiger partial charge is 0.303 e. The van der Waals surface area contributed by atoms with Crippen molar-refractivity contribution < 1.29 is 15.0 Å². The second kappa shape index (κ2) is 9.02. The predicted molar refractivity (Wildman–Crippen MR) is 107 cm³/mol. The molecule has 0 aliphatic rings. The first-order valence-electron chi connectivity index (χ1n) is 8.15. The zero-order valence-corrected chi connectivity index (χ0v) is 16.0. The SMILES string of the molecule is CSc1cc(C(=S)c2ccc(C)cc2)cc(CCCCC(=O)O)c1O. The number of aliphatic carboxylic acids is 1. The lowest BCUT2D eigenvalue weighted by Gasteiger charge is -2.13. The van der Waals surface area contributed by atoms with Gasteiger partial charge in [-0.2, -0.15) is 0 Å². The highest BCUT2D eigenvalue weighted by molar-refractivity contribution is 7.98. The molecule has 0 saturated heterocycles. The Labute approximate surface area is 158 Å². The second-order valence-corrected chi connectivity index (χ2v) is 7.24. The minimum absolute atomic E-state index is 0.150. The fourth-order valence-electron chi connectivity index (χ4n) is 2.61. The van der Waals surface area contributed by atoms with Crippen LogP contribution in [0, 0.1) is 6.92 Å². The van der Waals surface area contributed by atoms with Gasteiger partial charge in [-0.3, -0.25) is 4.79 Å². The summed E-state index contributed by atoms with van der Waals surface area (Å²) in [7, 11) is 0. The Hall–Kier alpha value is -1.85. The van der Waals surface area contributed by atoms with Crippen LogP contribution in [0.25, 0.3) is 0 Å². The van der Waals surface area contributed by atoms with Gasteiger partial charge in [0, 0.05) is 11.3 Å². The number of benzene rings is 2. The molecule has 2 aromatic carbocycles. The van der Waals surface area contributed by atoms with Gasteiger partial charge in [-0.25, -0.2) is 0 Å². The van der Waals surface area contributed by atoms with Crippen molar-refractivity contribution in [3.05, 3.63) is 58.7 Å². The Kier molecular flexibility index (Phi) is 7.02. The highest BCUT2D eigenvalue weighted by atomic mass is 32.2. The van der Waals surface area contributed by atoms with E-state index in [0.717, 1.165) is 26.5 Å². The Bertz CT molecular complexity index is 767. The summed E-state index contributed by atoms with van der Waals surface area (Å²) in [5.41, 5.74) is 3.90. The van der Waals surface area contributed by atoms with Gasteiger partial charge >= 0.3 is 5.97 Å². The number of carboxylic acid groups (broad SMARTS) is 1. The molecule has 132 valence electrons. The second-order valence-electron chi connectivity index (χ2n) is 5.98. The van der Waals surface area contributed by atoms with Crippen molar-refractivity contribution in [2.45, 2.75) is 37.5 Å². The molecule has 0 heterocycles. The fraction of sp³-hybridized carbons (Fsp3) is 0.300. The van der Waals surface area contributed by atoms with Crippen molar-refractivity contribution >= 4 is 34.8 Å². The van der Waals surface area contributed by atoms with E-state index >= 15 is 0 Å². The van der Waals surface area contributed by atoms with Crippen LogP contribution in [0.2, 0.25) is 0 Å². The monoisotopic (exact) mass is 374 g/mol. The van der Waals surface area contributed by atoms with Gasteiger partial charge in [-0.1, -0.05) is 42.0 Å². The molecule has 3 nitrogen and oxygen atoms in total. The summed E-state index contributed by atoms with van der Waals surface area (Å²) in [4.78, 5) is 12.2. The number of thioether (sulfide) groups is 1. The molecule has 0 unspecified atom stereocenters. The van der Waals surface area contributed by atoms with E-state index in [-0.39, 0.29) is 12.2 Å². The summed E-state index contributed by atoms with van der Waals surface area (Å²) in [5, 5.41) is 19.2. The van der Waals surface area contributed by atoms with Crippen molar-refractivity contribution in [2.24, 2.45) is 0 Å². The average molecular weight is 375 g/mol. The van der Waals surface area contributed by atoms with Crippen LogP contribution in [0.4, 0.5) is 0 Å². The van der Waals surface area contributed by atoms with Crippen LogP contribution in [0.15, 0.2) is 41.3 Å². The first-order valence-corrected chi connectivity index (χ1v) is 9.78. The van der Waals surface area contributed by atoms with Crippen molar-refractivity contribution in [3.63, 3.8) is 0 Å². The zero-order chi connectivity index (χ0) is 18.4. The summed E-state index contributed by atoms with van der Waals surface area (Å²) >= 11 is 7.12. The molecule has 0 saturated carbocycles. The van der Waals surface area contributed by atoms with Crippen LogP contribution in [-0.4, -0.2) is 27.3 Å². The van der Waals surface area contributed by atoms with E-state index in [1.165, 1.54) is 17.3 Å². The van der Waals surface area contributed by atoms with Gasteiger partial charge in [0.1, 0.15) is 5.75 Å². The maximum absolute atomic E-state index is 10.6. The number of unbranched alkanes of at least 4 members (excludes halogenated alkanes) is 1. The van der Waals surface area contributed by atoms with Crippen molar-refractivity contribution in [3.8, 4) is 5.75 Å². The van der Waals surface area contributed by atoms with Gasteiger partial charge < -0.3 is 10.2 Å². The van der Waals surface area contributed by atoms with E-state index < -0.39 is 5.97 Å². The van der Waals surface area contributed by atoms with Gasteiger partial charge in [0.05, 0.1) is 4.86 Å². The van der Waals surface area contributed by atoms with Crippen LogP contribution in [0.5, 0.6) is 5.75 Å². The molecular formula is C20H22O3S2. The van der Waals surface area contributed by atoms with E-state index in [1.54, 1.807) is 0 Å². The van der Waals surface area contributed by atoms with E-state index in [1.807, 2.05) is 49.6 Å². The van der Waals surface area contributed by atoms with Crippen LogP contribution in [0.3, 0.4) is 0 Å². The van der Waals surface area contributed by atoms with Crippen LogP contribution >= 0.6 is 24.0 Å². The molecule has 0 fully saturated rings. The maximum Gasteiger partial charge on any atom is 0.303 e. The third kappa shape index (κ3) is 5.31. The van der Waals surface area contributed by atoms with Crippen LogP contribution in [-0.2, 0) is 11.2 Å². The quantitative estimate of drug-likeness (QED) is 0.295. The number of phenols is 1. The number of thiocarbonyl (C=S) groups is 1. The molecule has 0 aliphatic carbocycles. The number of carboxylic acids is 1. The highest BCUT2D eigenvalue weighted by Crippen LogP contribution is 2.33. The van der Waals surface area contributed by atoms with Crippen LogP contribution < -0.4 is 0 Å². The number of hydrogen-bond acceptors (Lipinski definition) is 4. The largest absolute Gasteiger partial charge is 0.506 e. The summed E-state index contributed by atoms with van der Waals surface area (Å²) in [6.45, 7) is 2.04. The predicted octanol–water partition coefficient (Wildman–Crippen LogP) is 4.99.